The van der Waals surface area contributed by atoms with Crippen LogP contribution in [0.1, 0.15) is 0 Å². The van der Waals surface area contributed by atoms with Crippen molar-refractivity contribution < 1.29 is 4.42 Å². The van der Waals surface area contributed by atoms with Gasteiger partial charge >= 0.3 is 0 Å². The van der Waals surface area contributed by atoms with Crippen LogP contribution in [0, 0.1) is 0 Å². The second kappa shape index (κ2) is 2.58. The summed E-state index contributed by atoms with van der Waals surface area (Å²) >= 11 is 0. The standard InChI is InChI=1S/C9H7NO/c1-2-4-8(5-3-1)9-10-6-7-11-9/h1-7H. The first kappa shape index (κ1) is 6.16. The van der Waals surface area contributed by atoms with Crippen molar-refractivity contribution >= 4 is 0 Å². The lowest BCUT2D eigenvalue weighted by Gasteiger charge is -1.91. The first-order valence-corrected chi connectivity index (χ1v) is 3.42. The molecule has 2 nitrogen and oxygen atoms in total. The minimum absolute atomic E-state index is 0.672. The zero-order valence-electron chi connectivity index (χ0n) is 5.90. The summed E-state index contributed by atoms with van der Waals surface area (Å²) in [6, 6.07) is 9.81. The van der Waals surface area contributed by atoms with Crippen LogP contribution in [0.4, 0.5) is 0 Å². The third kappa shape index (κ3) is 1.15. The fourth-order valence-corrected chi connectivity index (χ4v) is 0.947. The quantitative estimate of drug-likeness (QED) is 0.615. The molecular weight excluding hydrogens is 138 g/mol. The molecule has 2 aromatic rings. The highest BCUT2D eigenvalue weighted by Gasteiger charge is 1.97. The summed E-state index contributed by atoms with van der Waals surface area (Å²) in [5.41, 5.74) is 1.01. The van der Waals surface area contributed by atoms with E-state index in [1.165, 1.54) is 0 Å². The molecule has 1 aromatic heterocycles. The van der Waals surface area contributed by atoms with Crippen LogP contribution < -0.4 is 0 Å². The summed E-state index contributed by atoms with van der Waals surface area (Å²) in [5, 5.41) is 0. The molecule has 0 saturated heterocycles. The number of aromatic nitrogens is 1. The van der Waals surface area contributed by atoms with E-state index in [-0.39, 0.29) is 0 Å². The molecule has 1 aromatic carbocycles. The minimum Gasteiger partial charge on any atom is -0.445 e. The minimum atomic E-state index is 0.672. The van der Waals surface area contributed by atoms with Gasteiger partial charge in [-0.25, -0.2) is 4.98 Å². The molecule has 0 unspecified atom stereocenters. The van der Waals surface area contributed by atoms with Crippen LogP contribution in [-0.2, 0) is 0 Å². The third-order valence-electron chi connectivity index (χ3n) is 1.45. The van der Waals surface area contributed by atoms with E-state index in [2.05, 4.69) is 4.98 Å². The lowest BCUT2D eigenvalue weighted by atomic mass is 10.2. The average molecular weight is 145 g/mol. The molecule has 2 heteroatoms. The zero-order chi connectivity index (χ0) is 7.52. The van der Waals surface area contributed by atoms with E-state index in [1.54, 1.807) is 12.5 Å². The number of oxazole rings is 1. The number of rotatable bonds is 1. The highest BCUT2D eigenvalue weighted by atomic mass is 16.3. The Bertz CT molecular complexity index is 313. The van der Waals surface area contributed by atoms with Gasteiger partial charge in [0.1, 0.15) is 6.26 Å². The van der Waals surface area contributed by atoms with Crippen molar-refractivity contribution in [1.82, 2.24) is 4.98 Å². The Balaban J connectivity index is 2.46. The van der Waals surface area contributed by atoms with Gasteiger partial charge in [-0.3, -0.25) is 0 Å². The van der Waals surface area contributed by atoms with Crippen LogP contribution in [0.2, 0.25) is 0 Å². The number of nitrogens with zero attached hydrogens (tertiary/aromatic N) is 1. The number of hydrogen-bond donors (Lipinski definition) is 0. The first-order valence-electron chi connectivity index (χ1n) is 3.42. The van der Waals surface area contributed by atoms with Gasteiger partial charge in [0.25, 0.3) is 0 Å². The highest BCUT2D eigenvalue weighted by molar-refractivity contribution is 5.51. The molecule has 0 atom stereocenters. The van der Waals surface area contributed by atoms with Gasteiger partial charge < -0.3 is 4.42 Å². The summed E-state index contributed by atoms with van der Waals surface area (Å²) in [4.78, 5) is 4.02. The SMILES string of the molecule is c1ccc(-c2ncco2)cc1. The van der Waals surface area contributed by atoms with Gasteiger partial charge in [-0.15, -0.1) is 0 Å². The van der Waals surface area contributed by atoms with Gasteiger partial charge in [-0.2, -0.15) is 0 Å². The second-order valence-corrected chi connectivity index (χ2v) is 2.20. The van der Waals surface area contributed by atoms with Gasteiger partial charge in [0.2, 0.25) is 5.89 Å². The van der Waals surface area contributed by atoms with E-state index in [9.17, 15) is 0 Å². The Labute approximate surface area is 64.5 Å². The van der Waals surface area contributed by atoms with Crippen molar-refractivity contribution in [3.63, 3.8) is 0 Å². The van der Waals surface area contributed by atoms with Gasteiger partial charge in [0.05, 0.1) is 6.20 Å². The Morgan fingerprint density at radius 2 is 1.91 bits per heavy atom. The highest BCUT2D eigenvalue weighted by Crippen LogP contribution is 2.14. The fourth-order valence-electron chi connectivity index (χ4n) is 0.947. The van der Waals surface area contributed by atoms with Gasteiger partial charge in [-0.1, -0.05) is 18.2 Å². The lowest BCUT2D eigenvalue weighted by Crippen LogP contribution is -1.73. The molecule has 0 bridgehead atoms. The van der Waals surface area contributed by atoms with Crippen molar-refractivity contribution in [3.8, 4) is 11.5 Å². The molecule has 0 aliphatic heterocycles. The summed E-state index contributed by atoms with van der Waals surface area (Å²) < 4.78 is 5.11. The maximum atomic E-state index is 5.11. The largest absolute Gasteiger partial charge is 0.445 e. The molecule has 1 heterocycles. The van der Waals surface area contributed by atoms with Crippen LogP contribution in [0.5, 0.6) is 0 Å². The molecule has 0 radical (unpaired) electrons. The monoisotopic (exact) mass is 145 g/mol. The molecule has 0 amide bonds. The summed E-state index contributed by atoms with van der Waals surface area (Å²) in [5.74, 6) is 0.672. The zero-order valence-corrected chi connectivity index (χ0v) is 5.90. The molecule has 2 rings (SSSR count). The summed E-state index contributed by atoms with van der Waals surface area (Å²) in [7, 11) is 0. The van der Waals surface area contributed by atoms with Gasteiger partial charge in [0, 0.05) is 5.56 Å². The van der Waals surface area contributed by atoms with Crippen molar-refractivity contribution in [1.29, 1.82) is 0 Å². The Morgan fingerprint density at radius 3 is 2.55 bits per heavy atom. The smallest absolute Gasteiger partial charge is 0.225 e. The Hall–Kier alpha value is -1.57. The van der Waals surface area contributed by atoms with Crippen LogP contribution in [-0.4, -0.2) is 4.98 Å². The molecule has 0 spiro atoms. The van der Waals surface area contributed by atoms with Crippen LogP contribution in [0.25, 0.3) is 11.5 Å². The second-order valence-electron chi connectivity index (χ2n) is 2.20. The molecular formula is C9H7NO. The molecule has 54 valence electrons. The van der Waals surface area contributed by atoms with Crippen molar-refractivity contribution in [2.24, 2.45) is 0 Å². The normalized spacial score (nSPS) is 9.82. The first-order chi connectivity index (χ1) is 5.47. The Kier molecular flexibility index (Phi) is 1.44. The maximum absolute atomic E-state index is 5.11. The molecule has 0 N–H and O–H groups in total. The van der Waals surface area contributed by atoms with Crippen LogP contribution in [0.3, 0.4) is 0 Å². The molecule has 0 aliphatic carbocycles. The fraction of sp³-hybridized carbons (Fsp3) is 0. The van der Waals surface area contributed by atoms with Crippen molar-refractivity contribution in [2.45, 2.75) is 0 Å². The van der Waals surface area contributed by atoms with Crippen LogP contribution >= 0.6 is 0 Å². The van der Waals surface area contributed by atoms with E-state index in [0.717, 1.165) is 5.56 Å². The van der Waals surface area contributed by atoms with E-state index < -0.39 is 0 Å². The predicted molar refractivity (Wildman–Crippen MR) is 41.9 cm³/mol. The van der Waals surface area contributed by atoms with E-state index in [1.807, 2.05) is 30.3 Å². The summed E-state index contributed by atoms with van der Waals surface area (Å²) in [6.07, 6.45) is 3.21. The molecule has 0 saturated carbocycles. The molecule has 0 aliphatic rings. The molecule has 11 heavy (non-hydrogen) atoms. The summed E-state index contributed by atoms with van der Waals surface area (Å²) in [6.45, 7) is 0. The van der Waals surface area contributed by atoms with Crippen molar-refractivity contribution in [2.75, 3.05) is 0 Å². The Morgan fingerprint density at radius 1 is 1.09 bits per heavy atom. The predicted octanol–water partition coefficient (Wildman–Crippen LogP) is 2.34. The third-order valence-corrected chi connectivity index (χ3v) is 1.45. The van der Waals surface area contributed by atoms with Gasteiger partial charge in [-0.05, 0) is 12.1 Å². The maximum Gasteiger partial charge on any atom is 0.225 e. The van der Waals surface area contributed by atoms with Crippen molar-refractivity contribution in [3.05, 3.63) is 42.8 Å². The van der Waals surface area contributed by atoms with E-state index >= 15 is 0 Å². The van der Waals surface area contributed by atoms with E-state index in [0.29, 0.717) is 5.89 Å². The topological polar surface area (TPSA) is 26.0 Å². The number of benzene rings is 1. The number of hydrogen-bond acceptors (Lipinski definition) is 2. The van der Waals surface area contributed by atoms with Crippen LogP contribution in [0.15, 0.2) is 47.2 Å². The van der Waals surface area contributed by atoms with E-state index in [4.69, 9.17) is 4.42 Å². The average Bonchev–Trinajstić information content (AvgIpc) is 2.58. The molecule has 0 fully saturated rings. The lowest BCUT2D eigenvalue weighted by molar-refractivity contribution is 0.574. The van der Waals surface area contributed by atoms with Gasteiger partial charge in [0.15, 0.2) is 0 Å².